The molecule has 0 aromatic carbocycles. The van der Waals surface area contributed by atoms with Crippen molar-refractivity contribution in [3.63, 3.8) is 0 Å². The Morgan fingerprint density at radius 3 is 2.83 bits per heavy atom. The number of nitrogens with one attached hydrogen (secondary N) is 1. The third-order valence-electron chi connectivity index (χ3n) is 0.940. The highest BCUT2D eigenvalue weighted by atomic mass is 15.6. The molecule has 0 fully saturated rings. The van der Waals surface area contributed by atoms with E-state index >= 15 is 0 Å². The van der Waals surface area contributed by atoms with Crippen LogP contribution in [0.5, 0.6) is 0 Å². The molecule has 30 valence electrons. The predicted octanol–water partition coefficient (Wildman–Crippen LogP) is 0.175. The first-order valence-corrected chi connectivity index (χ1v) is 1.90. The Balaban J connectivity index is 2.42. The molecule has 2 rings (SSSR count). The van der Waals surface area contributed by atoms with Gasteiger partial charge < -0.3 is 5.43 Å². The minimum atomic E-state index is 1.29. The lowest BCUT2D eigenvalue weighted by Crippen LogP contribution is -2.08. The maximum absolute atomic E-state index is 2.95. The van der Waals surface area contributed by atoms with Gasteiger partial charge in [-0.05, 0) is 6.08 Å². The van der Waals surface area contributed by atoms with Crippen LogP contribution in [0.15, 0.2) is 24.2 Å². The fourth-order valence-corrected chi connectivity index (χ4v) is 0.541. The molecule has 0 unspecified atom stereocenters. The second-order valence-electron chi connectivity index (χ2n) is 1.39. The Bertz CT molecular complexity index is 134. The van der Waals surface area contributed by atoms with E-state index in [1.807, 2.05) is 23.5 Å². The Morgan fingerprint density at radius 2 is 2.67 bits per heavy atom. The minimum Gasteiger partial charge on any atom is -0.301 e. The average Bonchev–Trinajstić information content (AvgIpc) is 2.17. The molecule has 0 spiro atoms. The van der Waals surface area contributed by atoms with Crippen molar-refractivity contribution in [2.45, 2.75) is 0 Å². The van der Waals surface area contributed by atoms with Gasteiger partial charge in [-0.25, -0.2) is 0 Å². The molecular formula is C4H4N2. The maximum atomic E-state index is 2.95. The van der Waals surface area contributed by atoms with E-state index in [-0.39, 0.29) is 0 Å². The van der Waals surface area contributed by atoms with Gasteiger partial charge in [-0.2, -0.15) is 0 Å². The fraction of sp³-hybridized carbons (Fsp3) is 0. The summed E-state index contributed by atoms with van der Waals surface area (Å²) in [6, 6.07) is 0. The number of nitrogens with zero attached hydrogens (tertiary/aromatic N) is 1. The summed E-state index contributed by atoms with van der Waals surface area (Å²) in [4.78, 5) is 0. The molecule has 0 saturated carbocycles. The van der Waals surface area contributed by atoms with Gasteiger partial charge in [-0.1, -0.05) is 0 Å². The normalized spacial score (nSPS) is 22.7. The smallest absolute Gasteiger partial charge is 0.0821 e. The molecule has 0 amide bonds. The summed E-state index contributed by atoms with van der Waals surface area (Å²) in [6.45, 7) is 0. The Kier molecular flexibility index (Phi) is 0.179. The predicted molar refractivity (Wildman–Crippen MR) is 22.2 cm³/mol. The molecule has 2 nitrogen and oxygen atoms in total. The third kappa shape index (κ3) is 0.109. The second-order valence-corrected chi connectivity index (χ2v) is 1.39. The topological polar surface area (TPSA) is 15.0 Å². The molecule has 2 heterocycles. The van der Waals surface area contributed by atoms with Gasteiger partial charge >= 0.3 is 0 Å². The Labute approximate surface area is 35.7 Å². The molecule has 0 saturated heterocycles. The average molecular weight is 80.1 g/mol. The first-order valence-electron chi connectivity index (χ1n) is 1.90. The van der Waals surface area contributed by atoms with Gasteiger partial charge in [0.25, 0.3) is 0 Å². The van der Waals surface area contributed by atoms with E-state index in [0.29, 0.717) is 0 Å². The van der Waals surface area contributed by atoms with Crippen molar-refractivity contribution in [3.05, 3.63) is 24.2 Å². The lowest BCUT2D eigenvalue weighted by Gasteiger charge is -1.92. The summed E-state index contributed by atoms with van der Waals surface area (Å²) in [5.74, 6) is 0. The summed E-state index contributed by atoms with van der Waals surface area (Å²) in [6.07, 6.45) is 5.97. The maximum Gasteiger partial charge on any atom is 0.0821 e. The fourth-order valence-electron chi connectivity index (χ4n) is 0.541. The van der Waals surface area contributed by atoms with Crippen LogP contribution in [0.3, 0.4) is 0 Å². The number of allylic oxidation sites excluding steroid dienone is 1. The standard InChI is InChI=1S/C4H4N2/c1-2-5-6-3-4(1)6/h1-3,5H. The highest BCUT2D eigenvalue weighted by Gasteiger charge is 2.19. The van der Waals surface area contributed by atoms with Crippen molar-refractivity contribution < 1.29 is 0 Å². The van der Waals surface area contributed by atoms with Crippen LogP contribution in [0.25, 0.3) is 0 Å². The van der Waals surface area contributed by atoms with E-state index < -0.39 is 0 Å². The Hall–Kier alpha value is -0.920. The number of rotatable bonds is 0. The summed E-state index contributed by atoms with van der Waals surface area (Å²) in [5, 5.41) is 1.96. The molecule has 0 atom stereocenters. The van der Waals surface area contributed by atoms with Gasteiger partial charge in [0.2, 0.25) is 0 Å². The van der Waals surface area contributed by atoms with Gasteiger partial charge in [0.1, 0.15) is 0 Å². The largest absolute Gasteiger partial charge is 0.301 e. The highest BCUT2D eigenvalue weighted by molar-refractivity contribution is 5.33. The van der Waals surface area contributed by atoms with Crippen molar-refractivity contribution in [3.8, 4) is 0 Å². The van der Waals surface area contributed by atoms with Crippen LogP contribution in [0, 0.1) is 0 Å². The van der Waals surface area contributed by atoms with Gasteiger partial charge in [0, 0.05) is 6.20 Å². The minimum absolute atomic E-state index is 1.29. The van der Waals surface area contributed by atoms with Gasteiger partial charge in [0.15, 0.2) is 0 Å². The molecule has 6 heavy (non-hydrogen) atoms. The van der Waals surface area contributed by atoms with Crippen molar-refractivity contribution >= 4 is 0 Å². The van der Waals surface area contributed by atoms with E-state index in [2.05, 4.69) is 5.43 Å². The van der Waals surface area contributed by atoms with Crippen LogP contribution >= 0.6 is 0 Å². The third-order valence-corrected chi connectivity index (χ3v) is 0.940. The number of hydrazine groups is 1. The van der Waals surface area contributed by atoms with Gasteiger partial charge in [-0.3, -0.25) is 5.01 Å². The van der Waals surface area contributed by atoms with E-state index in [1.165, 1.54) is 5.70 Å². The molecular weight excluding hydrogens is 76.1 g/mol. The van der Waals surface area contributed by atoms with Crippen LogP contribution in [-0.2, 0) is 0 Å². The molecule has 2 heteroatoms. The van der Waals surface area contributed by atoms with Crippen molar-refractivity contribution in [2.75, 3.05) is 0 Å². The van der Waals surface area contributed by atoms with Crippen LogP contribution in [0.4, 0.5) is 0 Å². The zero-order chi connectivity index (χ0) is 3.98. The van der Waals surface area contributed by atoms with E-state index in [1.54, 1.807) is 0 Å². The Morgan fingerprint density at radius 1 is 1.67 bits per heavy atom. The summed E-state index contributed by atoms with van der Waals surface area (Å²) in [7, 11) is 0. The molecule has 0 aromatic heterocycles. The zero-order valence-corrected chi connectivity index (χ0v) is 3.18. The lowest BCUT2D eigenvalue weighted by molar-refractivity contribution is 0.530. The highest BCUT2D eigenvalue weighted by Crippen LogP contribution is 2.21. The number of fused-ring (bicyclic) bond motifs is 1. The van der Waals surface area contributed by atoms with E-state index in [4.69, 9.17) is 0 Å². The van der Waals surface area contributed by atoms with Crippen molar-refractivity contribution in [1.29, 1.82) is 0 Å². The molecule has 2 aliphatic rings. The van der Waals surface area contributed by atoms with E-state index in [9.17, 15) is 0 Å². The molecule has 0 aliphatic carbocycles. The molecule has 2 aliphatic heterocycles. The SMILES string of the molecule is C1=CC2=CN2N1. The quantitative estimate of drug-likeness (QED) is 0.446. The number of hydrogen-bond donors (Lipinski definition) is 1. The first kappa shape index (κ1) is 2.29. The summed E-state index contributed by atoms with van der Waals surface area (Å²) >= 11 is 0. The van der Waals surface area contributed by atoms with Crippen molar-refractivity contribution in [1.82, 2.24) is 10.4 Å². The second kappa shape index (κ2) is 0.469. The molecule has 0 aromatic rings. The molecule has 0 bridgehead atoms. The van der Waals surface area contributed by atoms with Gasteiger partial charge in [0.05, 0.1) is 11.9 Å². The van der Waals surface area contributed by atoms with Crippen LogP contribution in [-0.4, -0.2) is 5.01 Å². The molecule has 1 N–H and O–H groups in total. The molecule has 0 radical (unpaired) electrons. The lowest BCUT2D eigenvalue weighted by atomic mass is 10.6. The summed E-state index contributed by atoms with van der Waals surface area (Å²) < 4.78 is 0. The van der Waals surface area contributed by atoms with Gasteiger partial charge in [-0.15, -0.1) is 0 Å². The van der Waals surface area contributed by atoms with E-state index in [0.717, 1.165) is 0 Å². The van der Waals surface area contributed by atoms with Crippen molar-refractivity contribution in [2.24, 2.45) is 0 Å². The van der Waals surface area contributed by atoms with Crippen LogP contribution in [0.1, 0.15) is 0 Å². The van der Waals surface area contributed by atoms with Crippen LogP contribution in [0.2, 0.25) is 0 Å². The van der Waals surface area contributed by atoms with Crippen LogP contribution < -0.4 is 5.43 Å². The first-order chi connectivity index (χ1) is 2.97. The number of hydrogen-bond acceptors (Lipinski definition) is 2. The monoisotopic (exact) mass is 80.0 g/mol. The summed E-state index contributed by atoms with van der Waals surface area (Å²) in [5.41, 5.74) is 4.24. The zero-order valence-electron chi connectivity index (χ0n) is 3.18.